The van der Waals surface area contributed by atoms with E-state index in [0.29, 0.717) is 40.3 Å². The van der Waals surface area contributed by atoms with Gasteiger partial charge in [0.05, 0.1) is 5.92 Å². The molecule has 0 radical (unpaired) electrons. The fraction of sp³-hybridized carbons (Fsp3) is 0.818. The highest BCUT2D eigenvalue weighted by Gasteiger charge is 2.64. The Hall–Kier alpha value is -1.68. The second kappa shape index (κ2) is 12.5. The van der Waals surface area contributed by atoms with Gasteiger partial charge < -0.3 is 10.1 Å². The number of hydrogen-bond donors (Lipinski definition) is 1. The maximum atomic E-state index is 13.8. The molecule has 7 aliphatic carbocycles. The average molecular weight is 658 g/mol. The van der Waals surface area contributed by atoms with E-state index in [4.69, 9.17) is 4.74 Å². The minimum Gasteiger partial charge on any atom is -0.460 e. The number of fused-ring (bicyclic) bond motifs is 7. The quantitative estimate of drug-likeness (QED) is 0.209. The van der Waals surface area contributed by atoms with Crippen molar-refractivity contribution in [1.29, 1.82) is 0 Å². The highest BCUT2D eigenvalue weighted by atomic mass is 16.6. The number of hydrogen-bond acceptors (Lipinski definition) is 4. The van der Waals surface area contributed by atoms with Crippen LogP contribution in [-0.2, 0) is 14.3 Å². The summed E-state index contributed by atoms with van der Waals surface area (Å²) < 4.78 is 5.74. The molecule has 4 fully saturated rings. The summed E-state index contributed by atoms with van der Waals surface area (Å²) in [4.78, 5) is 26.6. The van der Waals surface area contributed by atoms with E-state index < -0.39 is 5.60 Å². The Labute approximate surface area is 292 Å². The Morgan fingerprint density at radius 3 is 2.40 bits per heavy atom. The van der Waals surface area contributed by atoms with E-state index >= 15 is 0 Å². The summed E-state index contributed by atoms with van der Waals surface area (Å²) in [5.74, 6) is 5.04. The smallest absolute Gasteiger partial charge is 0.309 e. The Bertz CT molecular complexity index is 1390. The van der Waals surface area contributed by atoms with Crippen LogP contribution in [0.25, 0.3) is 0 Å². The molecule has 4 nitrogen and oxygen atoms in total. The summed E-state index contributed by atoms with van der Waals surface area (Å²) in [5.41, 5.74) is 6.39. The molecule has 0 heterocycles. The summed E-state index contributed by atoms with van der Waals surface area (Å²) in [7, 11) is 0. The van der Waals surface area contributed by atoms with Gasteiger partial charge in [-0.25, -0.2) is 0 Å². The molecule has 0 aromatic rings. The molecular weight excluding hydrogens is 590 g/mol. The maximum Gasteiger partial charge on any atom is 0.309 e. The molecule has 0 spiro atoms. The topological polar surface area (TPSA) is 55.4 Å². The van der Waals surface area contributed by atoms with E-state index in [0.717, 1.165) is 56.4 Å². The van der Waals surface area contributed by atoms with Crippen molar-refractivity contribution in [2.75, 3.05) is 13.1 Å². The summed E-state index contributed by atoms with van der Waals surface area (Å²) >= 11 is 0. The van der Waals surface area contributed by atoms with Crippen molar-refractivity contribution in [3.8, 4) is 0 Å². The van der Waals surface area contributed by atoms with E-state index in [1.807, 2.05) is 20.8 Å². The standard InChI is InChI=1S/C44H67NO3/c1-27(2)38-36(46)25-44(23-24-45-26-29-9-10-29)22-19-35-33(39(38)44)15-16-37-42(7)20-17-32(28(3)34(42)18-21-43(35,37)8)30-11-13-31(14-12-30)40(47)48-41(4,5)6/h11,17,27-29,31,33-35,37,45H,9-10,12-16,18-26H2,1-8H3. The Morgan fingerprint density at radius 1 is 0.979 bits per heavy atom. The normalized spacial score (nSPS) is 41.2. The van der Waals surface area contributed by atoms with Gasteiger partial charge in [0.1, 0.15) is 5.60 Å². The van der Waals surface area contributed by atoms with E-state index in [9.17, 15) is 9.59 Å². The van der Waals surface area contributed by atoms with Crippen molar-refractivity contribution in [2.45, 2.75) is 151 Å². The van der Waals surface area contributed by atoms with Gasteiger partial charge in [-0.1, -0.05) is 52.3 Å². The molecule has 7 rings (SSSR count). The van der Waals surface area contributed by atoms with Crippen LogP contribution in [0.3, 0.4) is 0 Å². The zero-order valence-electron chi connectivity index (χ0n) is 31.8. The van der Waals surface area contributed by atoms with Crippen molar-refractivity contribution >= 4 is 11.8 Å². The molecular formula is C44H67NO3. The van der Waals surface area contributed by atoms with Gasteiger partial charge in [0, 0.05) is 11.8 Å². The van der Waals surface area contributed by atoms with Crippen LogP contribution >= 0.6 is 0 Å². The predicted molar refractivity (Wildman–Crippen MR) is 195 cm³/mol. The number of Topliss-reactive ketones (excluding diaryl/α,β-unsaturated/α-hetero) is 1. The lowest BCUT2D eigenvalue weighted by Crippen LogP contribution is -2.59. The molecule has 48 heavy (non-hydrogen) atoms. The van der Waals surface area contributed by atoms with E-state index in [-0.39, 0.29) is 17.3 Å². The second-order valence-electron chi connectivity index (χ2n) is 19.7. The van der Waals surface area contributed by atoms with Crippen LogP contribution < -0.4 is 5.32 Å². The van der Waals surface area contributed by atoms with E-state index in [1.54, 1.807) is 11.1 Å². The molecule has 4 heteroatoms. The Kier molecular flexibility index (Phi) is 9.07. The van der Waals surface area contributed by atoms with Gasteiger partial charge in [-0.05, 0) is 186 Å². The molecule has 0 bridgehead atoms. The van der Waals surface area contributed by atoms with Crippen LogP contribution in [-0.4, -0.2) is 30.4 Å². The zero-order chi connectivity index (χ0) is 34.2. The molecule has 0 aromatic carbocycles. The van der Waals surface area contributed by atoms with Crippen LogP contribution in [0, 0.1) is 63.6 Å². The fourth-order valence-electron chi connectivity index (χ4n) is 13.1. The summed E-state index contributed by atoms with van der Waals surface area (Å²) in [5, 5.41) is 3.80. The van der Waals surface area contributed by atoms with Crippen molar-refractivity contribution in [1.82, 2.24) is 5.32 Å². The molecule has 0 aromatic heterocycles. The maximum absolute atomic E-state index is 13.8. The summed E-state index contributed by atoms with van der Waals surface area (Å²) in [6, 6.07) is 0. The minimum atomic E-state index is -0.421. The highest BCUT2D eigenvalue weighted by molar-refractivity contribution is 6.00. The first-order chi connectivity index (χ1) is 22.7. The highest BCUT2D eigenvalue weighted by Crippen LogP contribution is 2.72. The fourth-order valence-corrected chi connectivity index (χ4v) is 13.1. The molecule has 266 valence electrons. The van der Waals surface area contributed by atoms with Crippen LogP contribution in [0.15, 0.2) is 34.4 Å². The molecule has 9 unspecified atom stereocenters. The number of allylic oxidation sites excluding steroid dienone is 6. The second-order valence-corrected chi connectivity index (χ2v) is 19.7. The third kappa shape index (κ3) is 5.94. The zero-order valence-corrected chi connectivity index (χ0v) is 31.8. The number of carbonyl (C=O) groups excluding carboxylic acids is 2. The van der Waals surface area contributed by atoms with Crippen molar-refractivity contribution < 1.29 is 14.3 Å². The first-order valence-corrected chi connectivity index (χ1v) is 20.3. The van der Waals surface area contributed by atoms with Crippen molar-refractivity contribution in [3.63, 3.8) is 0 Å². The van der Waals surface area contributed by atoms with Gasteiger partial charge in [-0.2, -0.15) is 0 Å². The average Bonchev–Trinajstić information content (AvgIpc) is 3.79. The first kappa shape index (κ1) is 34.8. The number of carbonyl (C=O) groups is 2. The molecule has 0 saturated heterocycles. The van der Waals surface area contributed by atoms with E-state index in [2.05, 4.69) is 52.1 Å². The predicted octanol–water partition coefficient (Wildman–Crippen LogP) is 10.2. The van der Waals surface area contributed by atoms with Gasteiger partial charge in [-0.3, -0.25) is 9.59 Å². The number of ketones is 1. The largest absolute Gasteiger partial charge is 0.460 e. The van der Waals surface area contributed by atoms with Gasteiger partial charge in [0.2, 0.25) is 0 Å². The molecule has 1 N–H and O–H groups in total. The molecule has 4 saturated carbocycles. The molecule has 9 atom stereocenters. The van der Waals surface area contributed by atoms with Crippen molar-refractivity contribution in [2.24, 2.45) is 63.6 Å². The summed E-state index contributed by atoms with van der Waals surface area (Å²) in [6.07, 6.45) is 21.5. The van der Waals surface area contributed by atoms with E-state index in [1.165, 1.54) is 75.5 Å². The van der Waals surface area contributed by atoms with Crippen LogP contribution in [0.2, 0.25) is 0 Å². The van der Waals surface area contributed by atoms with Crippen LogP contribution in [0.5, 0.6) is 0 Å². The van der Waals surface area contributed by atoms with Crippen molar-refractivity contribution in [3.05, 3.63) is 34.4 Å². The molecule has 0 amide bonds. The van der Waals surface area contributed by atoms with Gasteiger partial charge in [0.25, 0.3) is 0 Å². The molecule has 7 aliphatic rings. The third-order valence-electron chi connectivity index (χ3n) is 15.4. The number of rotatable bonds is 8. The number of esters is 1. The number of nitrogens with one attached hydrogen (secondary N) is 1. The van der Waals surface area contributed by atoms with Crippen LogP contribution in [0.1, 0.15) is 145 Å². The lowest BCUT2D eigenvalue weighted by Gasteiger charge is -2.66. The number of ether oxygens (including phenoxy) is 1. The lowest BCUT2D eigenvalue weighted by atomic mass is 9.38. The van der Waals surface area contributed by atoms with Gasteiger partial charge in [0.15, 0.2) is 5.78 Å². The minimum absolute atomic E-state index is 0.00182. The monoisotopic (exact) mass is 658 g/mol. The summed E-state index contributed by atoms with van der Waals surface area (Å²) in [6.45, 7) is 20.6. The molecule has 0 aliphatic heterocycles. The van der Waals surface area contributed by atoms with Crippen LogP contribution in [0.4, 0.5) is 0 Å². The first-order valence-electron chi connectivity index (χ1n) is 20.3. The lowest BCUT2D eigenvalue weighted by molar-refractivity contribution is -0.160. The van der Waals surface area contributed by atoms with Gasteiger partial charge >= 0.3 is 5.97 Å². The SMILES string of the molecule is CC(C)C1=C2C3CCC4C5(C)CC=C(C6=CCC(C(=O)OC(C)(C)C)CC6)C(C)C5CCC4(C)C3CCC2(CCNCC2CC2)CC1=O. The Morgan fingerprint density at radius 2 is 1.73 bits per heavy atom. The Balaban J connectivity index is 1.10. The third-order valence-corrected chi connectivity index (χ3v) is 15.4. The van der Waals surface area contributed by atoms with Gasteiger partial charge in [-0.15, -0.1) is 0 Å².